The predicted octanol–water partition coefficient (Wildman–Crippen LogP) is 2.88. The van der Waals surface area contributed by atoms with Crippen LogP contribution in [-0.4, -0.2) is 29.0 Å². The van der Waals surface area contributed by atoms with Crippen LogP contribution in [0.25, 0.3) is 10.8 Å². The fourth-order valence-corrected chi connectivity index (χ4v) is 3.38. The van der Waals surface area contributed by atoms with Gasteiger partial charge in [-0.15, -0.1) is 11.3 Å². The van der Waals surface area contributed by atoms with E-state index in [1.54, 1.807) is 11.3 Å². The van der Waals surface area contributed by atoms with Crippen molar-refractivity contribution in [3.05, 3.63) is 29.0 Å². The Hall–Kier alpha value is -1.17. The van der Waals surface area contributed by atoms with E-state index in [0.717, 1.165) is 41.9 Å². The molecule has 3 heterocycles. The molecule has 4 nitrogen and oxygen atoms in total. The Morgan fingerprint density at radius 3 is 3.10 bits per heavy atom. The maximum Gasteiger partial charge on any atom is 0.236 e. The van der Waals surface area contributed by atoms with Gasteiger partial charge >= 0.3 is 0 Å². The second kappa shape index (κ2) is 5.68. The van der Waals surface area contributed by atoms with Crippen LogP contribution in [0, 0.1) is 12.8 Å². The van der Waals surface area contributed by atoms with Crippen LogP contribution in [0.1, 0.15) is 24.8 Å². The second-order valence-electron chi connectivity index (χ2n) is 5.64. The molecule has 0 amide bonds. The van der Waals surface area contributed by atoms with Crippen LogP contribution >= 0.6 is 11.3 Å². The Bertz CT molecular complexity index is 562. The van der Waals surface area contributed by atoms with Crippen molar-refractivity contribution in [2.45, 2.75) is 32.9 Å². The highest BCUT2D eigenvalue weighted by molar-refractivity contribution is 7.13. The predicted molar refractivity (Wildman–Crippen MR) is 81.6 cm³/mol. The summed E-state index contributed by atoms with van der Waals surface area (Å²) in [6.45, 7) is 7.14. The standard InChI is InChI=1S/C15H21N3OS/c1-10(16)12-5-6-18(8-12)9-13-11(2)19-15(17-13)14-4-3-7-20-14/h3-4,7,10,12H,5-6,8-9,16H2,1-2H3. The van der Waals surface area contributed by atoms with Crippen LogP contribution in [0.15, 0.2) is 21.9 Å². The molecule has 2 N–H and O–H groups in total. The van der Waals surface area contributed by atoms with Crippen molar-refractivity contribution < 1.29 is 4.42 Å². The number of aromatic nitrogens is 1. The third-order valence-electron chi connectivity index (χ3n) is 4.05. The van der Waals surface area contributed by atoms with Gasteiger partial charge in [0, 0.05) is 19.1 Å². The van der Waals surface area contributed by atoms with Crippen LogP contribution in [-0.2, 0) is 6.54 Å². The minimum atomic E-state index is 0.278. The molecule has 0 saturated carbocycles. The van der Waals surface area contributed by atoms with Crippen molar-refractivity contribution >= 4 is 11.3 Å². The molecule has 0 aliphatic carbocycles. The number of nitrogens with two attached hydrogens (primary N) is 1. The average molecular weight is 291 g/mol. The van der Waals surface area contributed by atoms with E-state index in [9.17, 15) is 0 Å². The molecule has 1 saturated heterocycles. The summed E-state index contributed by atoms with van der Waals surface area (Å²) in [7, 11) is 0. The number of nitrogens with zero attached hydrogens (tertiary/aromatic N) is 2. The first-order valence-electron chi connectivity index (χ1n) is 7.11. The van der Waals surface area contributed by atoms with E-state index >= 15 is 0 Å². The molecule has 0 aromatic carbocycles. The fraction of sp³-hybridized carbons (Fsp3) is 0.533. The Labute approximate surface area is 123 Å². The Balaban J connectivity index is 1.69. The summed E-state index contributed by atoms with van der Waals surface area (Å²) in [6, 6.07) is 4.34. The summed E-state index contributed by atoms with van der Waals surface area (Å²) in [5.41, 5.74) is 7.05. The minimum absolute atomic E-state index is 0.278. The highest BCUT2D eigenvalue weighted by Crippen LogP contribution is 2.27. The van der Waals surface area contributed by atoms with E-state index in [1.165, 1.54) is 6.42 Å². The van der Waals surface area contributed by atoms with Gasteiger partial charge in [0.1, 0.15) is 5.76 Å². The average Bonchev–Trinajstić information content (AvgIpc) is 3.11. The van der Waals surface area contributed by atoms with Crippen LogP contribution in [0.5, 0.6) is 0 Å². The zero-order chi connectivity index (χ0) is 14.1. The number of hydrogen-bond donors (Lipinski definition) is 1. The SMILES string of the molecule is Cc1oc(-c2cccs2)nc1CN1CCC(C(C)N)C1. The molecule has 2 unspecified atom stereocenters. The number of hydrogen-bond acceptors (Lipinski definition) is 5. The third kappa shape index (κ3) is 2.80. The quantitative estimate of drug-likeness (QED) is 0.941. The molecule has 2 atom stereocenters. The van der Waals surface area contributed by atoms with Gasteiger partial charge in [-0.1, -0.05) is 6.07 Å². The fourth-order valence-electron chi connectivity index (χ4n) is 2.73. The number of oxazole rings is 1. The maximum absolute atomic E-state index is 5.99. The molecular formula is C15H21N3OS. The Kier molecular flexibility index (Phi) is 3.92. The number of rotatable bonds is 4. The van der Waals surface area contributed by atoms with Gasteiger partial charge in [0.15, 0.2) is 0 Å². The highest BCUT2D eigenvalue weighted by atomic mass is 32.1. The van der Waals surface area contributed by atoms with E-state index in [4.69, 9.17) is 10.2 Å². The van der Waals surface area contributed by atoms with Gasteiger partial charge < -0.3 is 10.2 Å². The summed E-state index contributed by atoms with van der Waals surface area (Å²) < 4.78 is 5.79. The lowest BCUT2D eigenvalue weighted by atomic mass is 10.0. The molecule has 3 rings (SSSR count). The van der Waals surface area contributed by atoms with Gasteiger partial charge in [-0.2, -0.15) is 0 Å². The molecular weight excluding hydrogens is 270 g/mol. The highest BCUT2D eigenvalue weighted by Gasteiger charge is 2.26. The Morgan fingerprint density at radius 2 is 2.45 bits per heavy atom. The molecule has 0 bridgehead atoms. The third-order valence-corrected chi connectivity index (χ3v) is 4.91. The lowest BCUT2D eigenvalue weighted by Crippen LogP contribution is -2.29. The van der Waals surface area contributed by atoms with Gasteiger partial charge in [-0.3, -0.25) is 4.90 Å². The second-order valence-corrected chi connectivity index (χ2v) is 6.59. The largest absolute Gasteiger partial charge is 0.440 e. The first-order chi connectivity index (χ1) is 9.63. The normalized spacial score (nSPS) is 21.4. The minimum Gasteiger partial charge on any atom is -0.440 e. The zero-order valence-corrected chi connectivity index (χ0v) is 12.8. The summed E-state index contributed by atoms with van der Waals surface area (Å²) in [4.78, 5) is 8.18. The monoisotopic (exact) mass is 291 g/mol. The van der Waals surface area contributed by atoms with Crippen molar-refractivity contribution in [1.29, 1.82) is 0 Å². The lowest BCUT2D eigenvalue weighted by Gasteiger charge is -2.16. The summed E-state index contributed by atoms with van der Waals surface area (Å²) in [5, 5.41) is 2.04. The maximum atomic E-state index is 5.99. The van der Waals surface area contributed by atoms with Gasteiger partial charge in [0.05, 0.1) is 10.6 Å². The van der Waals surface area contributed by atoms with Crippen LogP contribution in [0.4, 0.5) is 0 Å². The molecule has 0 radical (unpaired) electrons. The molecule has 1 fully saturated rings. The van der Waals surface area contributed by atoms with Crippen LogP contribution < -0.4 is 5.73 Å². The first kappa shape index (κ1) is 13.8. The van der Waals surface area contributed by atoms with Gasteiger partial charge in [0.2, 0.25) is 5.89 Å². The number of likely N-dealkylation sites (tertiary alicyclic amines) is 1. The van der Waals surface area contributed by atoms with Crippen molar-refractivity contribution in [3.63, 3.8) is 0 Å². The van der Waals surface area contributed by atoms with Crippen molar-refractivity contribution in [3.8, 4) is 10.8 Å². The number of aryl methyl sites for hydroxylation is 1. The smallest absolute Gasteiger partial charge is 0.236 e. The van der Waals surface area contributed by atoms with Crippen molar-refractivity contribution in [2.24, 2.45) is 11.7 Å². The van der Waals surface area contributed by atoms with Gasteiger partial charge in [-0.25, -0.2) is 4.98 Å². The van der Waals surface area contributed by atoms with Crippen molar-refractivity contribution in [2.75, 3.05) is 13.1 Å². The topological polar surface area (TPSA) is 55.3 Å². The molecule has 20 heavy (non-hydrogen) atoms. The van der Waals surface area contributed by atoms with Crippen molar-refractivity contribution in [1.82, 2.24) is 9.88 Å². The van der Waals surface area contributed by atoms with E-state index in [1.807, 2.05) is 24.4 Å². The molecule has 1 aliphatic rings. The van der Waals surface area contributed by atoms with E-state index < -0.39 is 0 Å². The van der Waals surface area contributed by atoms with E-state index in [0.29, 0.717) is 5.92 Å². The van der Waals surface area contributed by atoms with Gasteiger partial charge in [0.25, 0.3) is 0 Å². The molecule has 108 valence electrons. The van der Waals surface area contributed by atoms with Crippen LogP contribution in [0.2, 0.25) is 0 Å². The lowest BCUT2D eigenvalue weighted by molar-refractivity contribution is 0.303. The first-order valence-corrected chi connectivity index (χ1v) is 7.99. The molecule has 1 aliphatic heterocycles. The summed E-state index contributed by atoms with van der Waals surface area (Å²) in [6.07, 6.45) is 1.19. The molecule has 2 aromatic heterocycles. The Morgan fingerprint density at radius 1 is 1.60 bits per heavy atom. The zero-order valence-electron chi connectivity index (χ0n) is 12.0. The summed E-state index contributed by atoms with van der Waals surface area (Å²) in [5.74, 6) is 2.28. The molecule has 2 aromatic rings. The summed E-state index contributed by atoms with van der Waals surface area (Å²) >= 11 is 1.66. The van der Waals surface area contributed by atoms with Crippen LogP contribution in [0.3, 0.4) is 0 Å². The van der Waals surface area contributed by atoms with E-state index in [-0.39, 0.29) is 6.04 Å². The molecule has 0 spiro atoms. The number of thiophene rings is 1. The molecule has 5 heteroatoms. The van der Waals surface area contributed by atoms with E-state index in [2.05, 4.69) is 16.8 Å². The van der Waals surface area contributed by atoms with Gasteiger partial charge in [-0.05, 0) is 44.2 Å².